The number of rotatable bonds is 5. The van der Waals surface area contributed by atoms with Gasteiger partial charge in [0.05, 0.1) is 23.3 Å². The molecule has 2 heterocycles. The number of hydrogen-bond donors (Lipinski definition) is 0. The van der Waals surface area contributed by atoms with Crippen LogP contribution < -0.4 is 14.5 Å². The van der Waals surface area contributed by atoms with Gasteiger partial charge in [0.25, 0.3) is 11.6 Å². The maximum atomic E-state index is 13.6. The van der Waals surface area contributed by atoms with Crippen molar-refractivity contribution in [3.63, 3.8) is 0 Å². The molecular weight excluding hydrogens is 420 g/mol. The molecule has 0 spiro atoms. The van der Waals surface area contributed by atoms with Crippen molar-refractivity contribution in [2.24, 2.45) is 5.92 Å². The second-order valence-electron chi connectivity index (χ2n) is 8.96. The van der Waals surface area contributed by atoms with Gasteiger partial charge in [0, 0.05) is 57.1 Å². The van der Waals surface area contributed by atoms with E-state index in [0.29, 0.717) is 31.1 Å². The van der Waals surface area contributed by atoms with Gasteiger partial charge in [-0.2, -0.15) is 0 Å². The number of ether oxygens (including phenoxy) is 1. The van der Waals surface area contributed by atoms with E-state index in [9.17, 15) is 14.9 Å². The third-order valence-corrected chi connectivity index (χ3v) is 6.77. The summed E-state index contributed by atoms with van der Waals surface area (Å²) in [7, 11) is 1.65. The third-order valence-electron chi connectivity index (χ3n) is 6.77. The zero-order valence-electron chi connectivity index (χ0n) is 19.4. The lowest BCUT2D eigenvalue weighted by Gasteiger charge is -2.34. The normalized spacial score (nSPS) is 17.6. The first-order valence-corrected chi connectivity index (χ1v) is 11.7. The minimum absolute atomic E-state index is 0.0397. The largest absolute Gasteiger partial charge is 0.497 e. The Morgan fingerprint density at radius 1 is 0.970 bits per heavy atom. The average Bonchev–Trinajstić information content (AvgIpc) is 3.10. The smallest absolute Gasteiger partial charge is 0.270 e. The van der Waals surface area contributed by atoms with Crippen molar-refractivity contribution in [1.29, 1.82) is 0 Å². The molecule has 4 rings (SSSR count). The number of non-ortho nitro benzene ring substituents is 1. The van der Waals surface area contributed by atoms with Crippen molar-refractivity contribution in [3.8, 4) is 5.75 Å². The summed E-state index contributed by atoms with van der Waals surface area (Å²) in [5.74, 6) is 1.35. The van der Waals surface area contributed by atoms with Crippen LogP contribution in [-0.4, -0.2) is 62.1 Å². The topological polar surface area (TPSA) is 79.2 Å². The van der Waals surface area contributed by atoms with Gasteiger partial charge < -0.3 is 19.4 Å². The van der Waals surface area contributed by atoms with E-state index in [1.807, 2.05) is 29.2 Å². The molecule has 0 bridgehead atoms. The van der Waals surface area contributed by atoms with Crippen LogP contribution in [0.2, 0.25) is 0 Å². The summed E-state index contributed by atoms with van der Waals surface area (Å²) in [6, 6.07) is 12.7. The number of benzene rings is 2. The first-order valence-electron chi connectivity index (χ1n) is 11.7. The fourth-order valence-corrected chi connectivity index (χ4v) is 4.68. The lowest BCUT2D eigenvalue weighted by Crippen LogP contribution is -2.38. The Labute approximate surface area is 194 Å². The summed E-state index contributed by atoms with van der Waals surface area (Å²) < 4.78 is 5.25. The van der Waals surface area contributed by atoms with Gasteiger partial charge in [0.1, 0.15) is 5.75 Å². The van der Waals surface area contributed by atoms with Crippen LogP contribution >= 0.6 is 0 Å². The van der Waals surface area contributed by atoms with Crippen molar-refractivity contribution in [2.45, 2.75) is 26.2 Å². The summed E-state index contributed by atoms with van der Waals surface area (Å²) in [6.45, 7) is 6.74. The monoisotopic (exact) mass is 452 g/mol. The highest BCUT2D eigenvalue weighted by Crippen LogP contribution is 2.31. The van der Waals surface area contributed by atoms with E-state index in [1.54, 1.807) is 13.2 Å². The van der Waals surface area contributed by atoms with Crippen molar-refractivity contribution < 1.29 is 14.5 Å². The zero-order valence-corrected chi connectivity index (χ0v) is 19.4. The number of nitro benzene ring substituents is 1. The summed E-state index contributed by atoms with van der Waals surface area (Å²) in [6.07, 6.45) is 2.96. The molecule has 0 aromatic heterocycles. The summed E-state index contributed by atoms with van der Waals surface area (Å²) in [5.41, 5.74) is 2.32. The van der Waals surface area contributed by atoms with E-state index >= 15 is 0 Å². The number of anilines is 2. The molecule has 0 aliphatic carbocycles. The van der Waals surface area contributed by atoms with Gasteiger partial charge in [-0.3, -0.25) is 14.9 Å². The molecule has 2 aliphatic rings. The standard InChI is InChI=1S/C25H32N4O4/c1-19-10-14-27(15-11-19)24-9-6-21(29(31)32)18-23(24)25(30)28-13-3-12-26(16-17-28)20-4-7-22(33-2)8-5-20/h4-9,18-19H,3,10-17H2,1-2H3. The number of nitro groups is 1. The lowest BCUT2D eigenvalue weighted by atomic mass is 9.97. The van der Waals surface area contributed by atoms with Crippen LogP contribution in [0, 0.1) is 16.0 Å². The highest BCUT2D eigenvalue weighted by Gasteiger charge is 2.27. The molecule has 1 amide bonds. The minimum atomic E-state index is -0.424. The van der Waals surface area contributed by atoms with Crippen molar-refractivity contribution >= 4 is 23.0 Å². The Kier molecular flexibility index (Phi) is 7.01. The molecule has 0 atom stereocenters. The SMILES string of the molecule is COc1ccc(N2CCCN(C(=O)c3cc([N+](=O)[O-])ccc3N3CCC(C)CC3)CC2)cc1. The van der Waals surface area contributed by atoms with Crippen LogP contribution in [0.15, 0.2) is 42.5 Å². The molecule has 2 saturated heterocycles. The number of nitrogens with zero attached hydrogens (tertiary/aromatic N) is 4. The molecule has 176 valence electrons. The van der Waals surface area contributed by atoms with E-state index in [1.165, 1.54) is 12.1 Å². The maximum absolute atomic E-state index is 13.6. The zero-order chi connectivity index (χ0) is 23.4. The maximum Gasteiger partial charge on any atom is 0.270 e. The van der Waals surface area contributed by atoms with Crippen LogP contribution in [0.4, 0.5) is 17.1 Å². The van der Waals surface area contributed by atoms with Crippen LogP contribution in [0.3, 0.4) is 0 Å². The van der Waals surface area contributed by atoms with Gasteiger partial charge in [0.15, 0.2) is 0 Å². The Morgan fingerprint density at radius 2 is 1.70 bits per heavy atom. The molecule has 0 radical (unpaired) electrons. The van der Waals surface area contributed by atoms with Crippen LogP contribution in [-0.2, 0) is 0 Å². The van der Waals surface area contributed by atoms with E-state index in [-0.39, 0.29) is 11.6 Å². The van der Waals surface area contributed by atoms with E-state index in [2.05, 4.69) is 16.7 Å². The highest BCUT2D eigenvalue weighted by atomic mass is 16.6. The van der Waals surface area contributed by atoms with Crippen LogP contribution in [0.5, 0.6) is 5.75 Å². The summed E-state index contributed by atoms with van der Waals surface area (Å²) >= 11 is 0. The number of carbonyl (C=O) groups is 1. The fraction of sp³-hybridized carbons (Fsp3) is 0.480. The summed E-state index contributed by atoms with van der Waals surface area (Å²) in [4.78, 5) is 31.0. The van der Waals surface area contributed by atoms with E-state index in [4.69, 9.17) is 4.74 Å². The number of amides is 1. The molecule has 8 heteroatoms. The third kappa shape index (κ3) is 5.21. The first kappa shape index (κ1) is 22.9. The van der Waals surface area contributed by atoms with Crippen molar-refractivity contribution in [1.82, 2.24) is 4.90 Å². The molecular formula is C25H32N4O4. The van der Waals surface area contributed by atoms with Gasteiger partial charge in [0.2, 0.25) is 0 Å². The molecule has 0 N–H and O–H groups in total. The predicted molar refractivity (Wildman–Crippen MR) is 129 cm³/mol. The highest BCUT2D eigenvalue weighted by molar-refractivity contribution is 6.00. The first-order chi connectivity index (χ1) is 16.0. The molecule has 2 aliphatic heterocycles. The second-order valence-corrected chi connectivity index (χ2v) is 8.96. The Hall–Kier alpha value is -3.29. The Balaban J connectivity index is 1.53. The van der Waals surface area contributed by atoms with Crippen molar-refractivity contribution in [3.05, 3.63) is 58.1 Å². The Bertz CT molecular complexity index is 986. The van der Waals surface area contributed by atoms with Gasteiger partial charge >= 0.3 is 0 Å². The van der Waals surface area contributed by atoms with Crippen LogP contribution in [0.1, 0.15) is 36.5 Å². The Morgan fingerprint density at radius 3 is 2.36 bits per heavy atom. The molecule has 2 aromatic carbocycles. The van der Waals surface area contributed by atoms with Crippen LogP contribution in [0.25, 0.3) is 0 Å². The number of piperidine rings is 1. The average molecular weight is 453 g/mol. The number of hydrogen-bond acceptors (Lipinski definition) is 6. The quantitative estimate of drug-likeness (QED) is 0.500. The van der Waals surface area contributed by atoms with Gasteiger partial charge in [-0.25, -0.2) is 0 Å². The summed E-state index contributed by atoms with van der Waals surface area (Å²) in [5, 5.41) is 11.4. The molecule has 8 nitrogen and oxygen atoms in total. The molecule has 2 fully saturated rings. The lowest BCUT2D eigenvalue weighted by molar-refractivity contribution is -0.384. The van der Waals surface area contributed by atoms with Crippen molar-refractivity contribution in [2.75, 3.05) is 56.2 Å². The van der Waals surface area contributed by atoms with E-state index < -0.39 is 4.92 Å². The number of carbonyl (C=O) groups excluding carboxylic acids is 1. The number of methoxy groups -OCH3 is 1. The molecule has 0 unspecified atom stereocenters. The predicted octanol–water partition coefficient (Wildman–Crippen LogP) is 4.19. The van der Waals surface area contributed by atoms with E-state index in [0.717, 1.165) is 56.0 Å². The molecule has 0 saturated carbocycles. The van der Waals surface area contributed by atoms with Gasteiger partial charge in [-0.05, 0) is 55.5 Å². The fourth-order valence-electron chi connectivity index (χ4n) is 4.68. The van der Waals surface area contributed by atoms with Gasteiger partial charge in [-0.1, -0.05) is 6.92 Å². The minimum Gasteiger partial charge on any atom is -0.497 e. The molecule has 33 heavy (non-hydrogen) atoms. The second kappa shape index (κ2) is 10.1. The molecule has 2 aromatic rings. The van der Waals surface area contributed by atoms with Gasteiger partial charge in [-0.15, -0.1) is 0 Å².